The number of halogens is 1. The van der Waals surface area contributed by atoms with Gasteiger partial charge in [0.2, 0.25) is 0 Å². The maximum absolute atomic E-state index is 12.0. The van der Waals surface area contributed by atoms with Crippen molar-refractivity contribution in [2.24, 2.45) is 0 Å². The van der Waals surface area contributed by atoms with E-state index in [0.29, 0.717) is 24.9 Å². The average molecular weight is 419 g/mol. The number of aliphatic hydroxyl groups excluding tert-OH is 1. The first-order valence-corrected chi connectivity index (χ1v) is 9.89. The van der Waals surface area contributed by atoms with E-state index in [1.807, 2.05) is 32.0 Å². The van der Waals surface area contributed by atoms with Crippen molar-refractivity contribution in [2.75, 3.05) is 6.54 Å². The van der Waals surface area contributed by atoms with Gasteiger partial charge in [-0.15, -0.1) is 12.4 Å². The second-order valence-electron chi connectivity index (χ2n) is 8.00. The van der Waals surface area contributed by atoms with Crippen LogP contribution in [0.3, 0.4) is 0 Å². The van der Waals surface area contributed by atoms with Gasteiger partial charge in [-0.05, 0) is 57.0 Å². The molecule has 1 unspecified atom stereocenters. The smallest absolute Gasteiger partial charge is 0.407 e. The molecule has 1 saturated heterocycles. The largest absolute Gasteiger partial charge is 0.447 e. The van der Waals surface area contributed by atoms with E-state index in [-0.39, 0.29) is 36.7 Å². The summed E-state index contributed by atoms with van der Waals surface area (Å²) in [5.74, 6) is 0. The van der Waals surface area contributed by atoms with Gasteiger partial charge >= 0.3 is 6.09 Å². The van der Waals surface area contributed by atoms with E-state index in [2.05, 4.69) is 21.3 Å². The van der Waals surface area contributed by atoms with Crippen LogP contribution in [0, 0.1) is 11.3 Å². The highest BCUT2D eigenvalue weighted by atomic mass is 35.5. The van der Waals surface area contributed by atoms with Crippen molar-refractivity contribution in [3.8, 4) is 6.07 Å². The Morgan fingerprint density at radius 1 is 1.45 bits per heavy atom. The normalized spacial score (nSPS) is 22.9. The number of aliphatic hydroxyl groups is 1. The highest BCUT2D eigenvalue weighted by Crippen LogP contribution is 2.34. The van der Waals surface area contributed by atoms with Crippen LogP contribution in [0.2, 0.25) is 0 Å². The molecule has 3 N–H and O–H groups in total. The number of nitriles is 1. The van der Waals surface area contributed by atoms with Crippen LogP contribution in [0.1, 0.15) is 37.1 Å². The maximum Gasteiger partial charge on any atom is 0.407 e. The van der Waals surface area contributed by atoms with Gasteiger partial charge in [-0.25, -0.2) is 4.79 Å². The van der Waals surface area contributed by atoms with Gasteiger partial charge in [0.05, 0.1) is 29.9 Å². The molecule has 1 aliphatic carbocycles. The highest BCUT2D eigenvalue weighted by molar-refractivity contribution is 5.88. The molecule has 4 rings (SSSR count). The number of amides is 1. The van der Waals surface area contributed by atoms with Crippen LogP contribution in [0.4, 0.5) is 4.79 Å². The van der Waals surface area contributed by atoms with Gasteiger partial charge < -0.3 is 25.0 Å². The molecule has 1 aromatic carbocycles. The van der Waals surface area contributed by atoms with Gasteiger partial charge in [0.25, 0.3) is 0 Å². The molecule has 2 aromatic rings. The molecule has 8 heteroatoms. The zero-order valence-corrected chi connectivity index (χ0v) is 17.5. The average Bonchev–Trinajstić information content (AvgIpc) is 3.30. The van der Waals surface area contributed by atoms with Crippen LogP contribution < -0.4 is 10.6 Å². The fraction of sp³-hybridized carbons (Fsp3) is 0.524. The molecular weight excluding hydrogens is 392 g/mol. The summed E-state index contributed by atoms with van der Waals surface area (Å²) in [7, 11) is 0. The molecule has 1 fully saturated rings. The summed E-state index contributed by atoms with van der Waals surface area (Å²) < 4.78 is 7.46. The Balaban J connectivity index is 0.00000240. The van der Waals surface area contributed by atoms with E-state index in [1.165, 1.54) is 11.3 Å². The predicted octanol–water partition coefficient (Wildman–Crippen LogP) is 2.26. The monoisotopic (exact) mass is 418 g/mol. The fourth-order valence-corrected chi connectivity index (χ4v) is 4.42. The van der Waals surface area contributed by atoms with E-state index in [9.17, 15) is 15.2 Å². The minimum absolute atomic E-state index is 0. The standard InChI is InChI=1S/C21H26N4O3.ClH/c1-12(2)28-21(27)24-14-8-16-15-7-13(10-22)3-4-18(15)25(19(16)9-14)11-17-20(26)5-6-23-17;/h3-4,7,12,14,17,20,23,26H,5-6,8-9,11H2,1-2H3,(H,24,27);1H/t14?,17-,20-;/m1./s1. The molecule has 2 heterocycles. The predicted molar refractivity (Wildman–Crippen MR) is 112 cm³/mol. The number of carbonyl (C=O) groups is 1. The van der Waals surface area contributed by atoms with Crippen molar-refractivity contribution in [1.29, 1.82) is 5.26 Å². The third-order valence-electron chi connectivity index (χ3n) is 5.66. The highest BCUT2D eigenvalue weighted by Gasteiger charge is 2.32. The summed E-state index contributed by atoms with van der Waals surface area (Å²) in [6.07, 6.45) is 1.26. The summed E-state index contributed by atoms with van der Waals surface area (Å²) in [5.41, 5.74) is 4.05. The Hall–Kier alpha value is -2.27. The number of rotatable bonds is 4. The molecule has 3 atom stereocenters. The number of fused-ring (bicyclic) bond motifs is 3. The number of ether oxygens (including phenoxy) is 1. The summed E-state index contributed by atoms with van der Waals surface area (Å²) in [6, 6.07) is 7.95. The molecule has 156 valence electrons. The number of carbonyl (C=O) groups excluding carboxylic acids is 1. The van der Waals surface area contributed by atoms with Gasteiger partial charge in [0.15, 0.2) is 0 Å². The number of hydrogen-bond acceptors (Lipinski definition) is 5. The molecule has 2 aliphatic rings. The van der Waals surface area contributed by atoms with E-state index in [4.69, 9.17) is 4.74 Å². The number of nitrogens with zero attached hydrogens (tertiary/aromatic N) is 2. The molecule has 0 saturated carbocycles. The Labute approximate surface area is 176 Å². The molecule has 0 bridgehead atoms. The van der Waals surface area contributed by atoms with E-state index in [1.54, 1.807) is 0 Å². The van der Waals surface area contributed by atoms with Crippen molar-refractivity contribution < 1.29 is 14.6 Å². The number of nitrogens with one attached hydrogen (secondary N) is 2. The van der Waals surface area contributed by atoms with Gasteiger partial charge in [-0.1, -0.05) is 0 Å². The van der Waals surface area contributed by atoms with Crippen LogP contribution in [-0.2, 0) is 24.1 Å². The maximum atomic E-state index is 12.0. The first kappa shape index (κ1) is 21.4. The topological polar surface area (TPSA) is 99.3 Å². The van der Waals surface area contributed by atoms with E-state index in [0.717, 1.165) is 23.9 Å². The quantitative estimate of drug-likeness (QED) is 0.707. The third kappa shape index (κ3) is 4.20. The number of aromatic nitrogens is 1. The van der Waals surface area contributed by atoms with Crippen molar-refractivity contribution in [3.05, 3.63) is 35.0 Å². The number of benzene rings is 1. The minimum atomic E-state index is -0.397. The Morgan fingerprint density at radius 3 is 2.90 bits per heavy atom. The van der Waals surface area contributed by atoms with Gasteiger partial charge in [0, 0.05) is 35.6 Å². The van der Waals surface area contributed by atoms with Gasteiger partial charge in [-0.2, -0.15) is 5.26 Å². The first-order chi connectivity index (χ1) is 13.5. The molecule has 29 heavy (non-hydrogen) atoms. The zero-order chi connectivity index (χ0) is 19.8. The molecule has 1 aliphatic heterocycles. The lowest BCUT2D eigenvalue weighted by Crippen LogP contribution is -2.38. The van der Waals surface area contributed by atoms with Crippen LogP contribution in [0.25, 0.3) is 10.9 Å². The van der Waals surface area contributed by atoms with Crippen LogP contribution in [0.5, 0.6) is 0 Å². The Bertz CT molecular complexity index is 950. The second kappa shape index (κ2) is 8.62. The van der Waals surface area contributed by atoms with E-state index >= 15 is 0 Å². The minimum Gasteiger partial charge on any atom is -0.447 e. The fourth-order valence-electron chi connectivity index (χ4n) is 4.42. The molecule has 7 nitrogen and oxygen atoms in total. The van der Waals surface area contributed by atoms with Crippen molar-refractivity contribution >= 4 is 29.4 Å². The van der Waals surface area contributed by atoms with Gasteiger partial charge in [-0.3, -0.25) is 0 Å². The lowest BCUT2D eigenvalue weighted by molar-refractivity contribution is 0.112. The molecular formula is C21H27ClN4O3. The number of hydrogen-bond donors (Lipinski definition) is 3. The van der Waals surface area contributed by atoms with E-state index < -0.39 is 6.09 Å². The third-order valence-corrected chi connectivity index (χ3v) is 5.66. The lowest BCUT2D eigenvalue weighted by Gasteiger charge is -2.20. The Kier molecular flexibility index (Phi) is 6.37. The second-order valence-corrected chi connectivity index (χ2v) is 8.00. The molecule has 0 radical (unpaired) electrons. The summed E-state index contributed by atoms with van der Waals surface area (Å²) in [5, 5.41) is 26.9. The molecule has 0 spiro atoms. The zero-order valence-electron chi connectivity index (χ0n) is 16.6. The molecule has 1 aromatic heterocycles. The van der Waals surface area contributed by atoms with Crippen molar-refractivity contribution in [2.45, 2.75) is 63.9 Å². The summed E-state index contributed by atoms with van der Waals surface area (Å²) in [6.45, 7) is 5.14. The van der Waals surface area contributed by atoms with Crippen LogP contribution in [-0.4, -0.2) is 46.6 Å². The lowest BCUT2D eigenvalue weighted by atomic mass is 10.1. The Morgan fingerprint density at radius 2 is 2.24 bits per heavy atom. The van der Waals surface area contributed by atoms with Crippen molar-refractivity contribution in [3.63, 3.8) is 0 Å². The summed E-state index contributed by atoms with van der Waals surface area (Å²) in [4.78, 5) is 12.0. The van der Waals surface area contributed by atoms with Crippen LogP contribution in [0.15, 0.2) is 18.2 Å². The van der Waals surface area contributed by atoms with Crippen molar-refractivity contribution in [1.82, 2.24) is 15.2 Å². The summed E-state index contributed by atoms with van der Waals surface area (Å²) >= 11 is 0. The van der Waals surface area contributed by atoms with Gasteiger partial charge in [0.1, 0.15) is 0 Å². The first-order valence-electron chi connectivity index (χ1n) is 9.89. The SMILES string of the molecule is CC(C)OC(=O)NC1Cc2c(n(C[C@H]3NCC[C@H]3O)c3ccc(C#N)cc23)C1.Cl. The van der Waals surface area contributed by atoms with Crippen LogP contribution >= 0.6 is 12.4 Å². The molecule has 1 amide bonds. The number of alkyl carbamates (subject to hydrolysis) is 1.